The van der Waals surface area contributed by atoms with Crippen molar-refractivity contribution in [3.8, 4) is 0 Å². The summed E-state index contributed by atoms with van der Waals surface area (Å²) >= 11 is 11.8. The lowest BCUT2D eigenvalue weighted by Gasteiger charge is -2.09. The molecular formula is C10H9Br3N2OS. The molecule has 17 heavy (non-hydrogen) atoms. The van der Waals surface area contributed by atoms with Crippen molar-refractivity contribution in [3.05, 3.63) is 20.8 Å². The lowest BCUT2D eigenvalue weighted by molar-refractivity contribution is -0.125. The molecule has 0 unspecified atom stereocenters. The molecule has 0 saturated heterocycles. The molecule has 1 atom stereocenters. The topological polar surface area (TPSA) is 41.5 Å². The van der Waals surface area contributed by atoms with Gasteiger partial charge in [-0.05, 0) is 41.4 Å². The number of nitrogens with one attached hydrogen (secondary N) is 1. The van der Waals surface area contributed by atoms with Gasteiger partial charge in [0.15, 0.2) is 0 Å². The fraction of sp³-hybridized carbons (Fsp3) is 0.400. The molecule has 1 N–H and O–H groups in total. The average molecular weight is 445 g/mol. The van der Waals surface area contributed by atoms with Crippen molar-refractivity contribution >= 4 is 71.2 Å². The van der Waals surface area contributed by atoms with Crippen molar-refractivity contribution in [2.24, 2.45) is 10.5 Å². The van der Waals surface area contributed by atoms with Crippen LogP contribution in [0.4, 0.5) is 0 Å². The highest BCUT2D eigenvalue weighted by molar-refractivity contribution is 9.25. The second-order valence-electron chi connectivity index (χ2n) is 4.05. The first-order valence-corrected chi connectivity index (χ1v) is 8.01. The molecule has 0 aliphatic heterocycles. The normalized spacial score (nSPS) is 26.1. The summed E-state index contributed by atoms with van der Waals surface area (Å²) in [6, 6.07) is 3.88. The summed E-state index contributed by atoms with van der Waals surface area (Å²) in [5.41, 5.74) is 2.13. The van der Waals surface area contributed by atoms with Crippen molar-refractivity contribution in [1.29, 1.82) is 0 Å². The monoisotopic (exact) mass is 442 g/mol. The lowest BCUT2D eigenvalue weighted by atomic mass is 10.1. The maximum absolute atomic E-state index is 11.8. The zero-order valence-electron chi connectivity index (χ0n) is 8.84. The van der Waals surface area contributed by atoms with Crippen LogP contribution in [0, 0.1) is 5.41 Å². The largest absolute Gasteiger partial charge is 0.272 e. The molecule has 2 rings (SSSR count). The van der Waals surface area contributed by atoms with E-state index >= 15 is 0 Å². The minimum absolute atomic E-state index is 0.0851. The molecule has 1 aliphatic rings. The Morgan fingerprint density at radius 2 is 2.24 bits per heavy atom. The van der Waals surface area contributed by atoms with E-state index in [0.717, 1.165) is 15.1 Å². The Kier molecular flexibility index (Phi) is 3.83. The summed E-state index contributed by atoms with van der Waals surface area (Å²) in [6.45, 7) is 1.89. The maximum Gasteiger partial charge on any atom is 0.248 e. The van der Waals surface area contributed by atoms with Gasteiger partial charge < -0.3 is 0 Å². The number of alkyl halides is 2. The molecule has 92 valence electrons. The number of carbonyl (C=O) groups excluding carboxylic acids is 1. The first-order valence-electron chi connectivity index (χ1n) is 4.82. The maximum atomic E-state index is 11.8. The van der Waals surface area contributed by atoms with Gasteiger partial charge in [-0.2, -0.15) is 5.10 Å². The van der Waals surface area contributed by atoms with Gasteiger partial charge >= 0.3 is 0 Å². The number of hydrogen-bond donors (Lipinski definition) is 1. The van der Waals surface area contributed by atoms with Crippen LogP contribution in [-0.4, -0.2) is 15.4 Å². The number of hydrazone groups is 1. The number of nitrogens with zero attached hydrogens (tertiary/aromatic N) is 1. The molecule has 1 aromatic rings. The van der Waals surface area contributed by atoms with Crippen LogP contribution < -0.4 is 5.43 Å². The van der Waals surface area contributed by atoms with E-state index in [-0.39, 0.29) is 9.14 Å². The van der Waals surface area contributed by atoms with Crippen LogP contribution in [0.3, 0.4) is 0 Å². The summed E-state index contributed by atoms with van der Waals surface area (Å²) in [6.07, 6.45) is 2.40. The van der Waals surface area contributed by atoms with Crippen LogP contribution in [-0.2, 0) is 4.79 Å². The number of halogens is 3. The van der Waals surface area contributed by atoms with E-state index in [9.17, 15) is 4.79 Å². The van der Waals surface area contributed by atoms with Crippen LogP contribution in [0.1, 0.15) is 18.2 Å². The standard InChI is InChI=1S/C10H9Br3N2OS/c1-9(5-10(9,12)13)8(16)15-14-4-6-2-3-7(11)17-6/h2-4H,5H2,1H3,(H,15,16)/t9-/m1/s1. The molecule has 7 heteroatoms. The van der Waals surface area contributed by atoms with Gasteiger partial charge in [-0.25, -0.2) is 5.43 Å². The molecule has 1 heterocycles. The predicted octanol–water partition coefficient (Wildman–Crippen LogP) is 3.86. The average Bonchev–Trinajstić information content (AvgIpc) is 2.58. The van der Waals surface area contributed by atoms with Crippen molar-refractivity contribution in [3.63, 3.8) is 0 Å². The Bertz CT molecular complexity index is 486. The predicted molar refractivity (Wildman–Crippen MR) is 81.1 cm³/mol. The van der Waals surface area contributed by atoms with Gasteiger partial charge in [-0.15, -0.1) is 11.3 Å². The highest BCUT2D eigenvalue weighted by Crippen LogP contribution is 2.66. The second-order valence-corrected chi connectivity index (χ2v) is 10.3. The summed E-state index contributed by atoms with van der Waals surface area (Å²) in [7, 11) is 0. The highest BCUT2D eigenvalue weighted by Gasteiger charge is 2.66. The molecule has 1 aromatic heterocycles. The minimum atomic E-state index is -0.430. The molecule has 1 fully saturated rings. The lowest BCUT2D eigenvalue weighted by Crippen LogP contribution is -2.29. The first-order chi connectivity index (χ1) is 7.85. The van der Waals surface area contributed by atoms with Crippen LogP contribution in [0.5, 0.6) is 0 Å². The van der Waals surface area contributed by atoms with Crippen molar-refractivity contribution < 1.29 is 4.79 Å². The number of hydrogen-bond acceptors (Lipinski definition) is 3. The Hall–Kier alpha value is 0.280. The second kappa shape index (κ2) is 4.75. The summed E-state index contributed by atoms with van der Waals surface area (Å²) in [4.78, 5) is 12.8. The zero-order chi connectivity index (χ0) is 12.7. The Balaban J connectivity index is 1.91. The van der Waals surface area contributed by atoms with Crippen molar-refractivity contribution in [2.45, 2.75) is 16.6 Å². The number of thiophene rings is 1. The van der Waals surface area contributed by atoms with E-state index in [4.69, 9.17) is 0 Å². The molecule has 1 aliphatic carbocycles. The third-order valence-corrected chi connectivity index (χ3v) is 6.58. The summed E-state index contributed by atoms with van der Waals surface area (Å²) in [5.74, 6) is -0.0851. The fourth-order valence-electron chi connectivity index (χ4n) is 1.32. The van der Waals surface area contributed by atoms with E-state index in [2.05, 4.69) is 58.3 Å². The Labute approximate surface area is 128 Å². The summed E-state index contributed by atoms with van der Waals surface area (Å²) < 4.78 is 0.762. The third kappa shape index (κ3) is 2.83. The molecule has 0 spiro atoms. The summed E-state index contributed by atoms with van der Waals surface area (Å²) in [5, 5.41) is 3.95. The number of carbonyl (C=O) groups is 1. The molecule has 0 aromatic carbocycles. The number of rotatable bonds is 3. The quantitative estimate of drug-likeness (QED) is 0.429. The van der Waals surface area contributed by atoms with Crippen LogP contribution >= 0.6 is 59.1 Å². The van der Waals surface area contributed by atoms with Crippen molar-refractivity contribution in [1.82, 2.24) is 5.43 Å². The molecule has 1 saturated carbocycles. The SMILES string of the molecule is C[C@]1(C(=O)NN=Cc2ccc(Br)s2)CC1(Br)Br. The molecular weight excluding hydrogens is 436 g/mol. The highest BCUT2D eigenvalue weighted by atomic mass is 79.9. The smallest absolute Gasteiger partial charge is 0.248 e. The van der Waals surface area contributed by atoms with E-state index in [0.29, 0.717) is 0 Å². The van der Waals surface area contributed by atoms with E-state index in [1.165, 1.54) is 0 Å². The minimum Gasteiger partial charge on any atom is -0.272 e. The van der Waals surface area contributed by atoms with Gasteiger partial charge in [0.1, 0.15) is 0 Å². The zero-order valence-corrected chi connectivity index (χ0v) is 14.4. The van der Waals surface area contributed by atoms with Gasteiger partial charge in [-0.1, -0.05) is 31.9 Å². The Morgan fingerprint density at radius 1 is 1.59 bits per heavy atom. The van der Waals surface area contributed by atoms with Gasteiger partial charge in [0.25, 0.3) is 0 Å². The molecule has 1 amide bonds. The van der Waals surface area contributed by atoms with E-state index in [1.54, 1.807) is 17.6 Å². The molecule has 0 bridgehead atoms. The van der Waals surface area contributed by atoms with Gasteiger partial charge in [0, 0.05) is 4.88 Å². The molecule has 0 radical (unpaired) electrons. The van der Waals surface area contributed by atoms with Gasteiger partial charge in [0.05, 0.1) is 18.6 Å². The van der Waals surface area contributed by atoms with Crippen LogP contribution in [0.2, 0.25) is 0 Å². The van der Waals surface area contributed by atoms with Crippen LogP contribution in [0.15, 0.2) is 21.0 Å². The van der Waals surface area contributed by atoms with E-state index < -0.39 is 5.41 Å². The Morgan fingerprint density at radius 3 is 2.71 bits per heavy atom. The van der Waals surface area contributed by atoms with Gasteiger partial charge in [-0.3, -0.25) is 4.79 Å². The fourth-order valence-corrected chi connectivity index (χ4v) is 4.10. The molecule has 3 nitrogen and oxygen atoms in total. The first kappa shape index (κ1) is 13.7. The van der Waals surface area contributed by atoms with E-state index in [1.807, 2.05) is 19.1 Å². The number of amides is 1. The third-order valence-electron chi connectivity index (χ3n) is 2.71. The van der Waals surface area contributed by atoms with Crippen molar-refractivity contribution in [2.75, 3.05) is 0 Å². The van der Waals surface area contributed by atoms with Crippen LogP contribution in [0.25, 0.3) is 0 Å². The van der Waals surface area contributed by atoms with Gasteiger partial charge in [0.2, 0.25) is 5.91 Å².